The molecule has 1 heterocycles. The highest BCUT2D eigenvalue weighted by Crippen LogP contribution is 2.59. The van der Waals surface area contributed by atoms with Crippen LogP contribution in [0.1, 0.15) is 53.4 Å². The van der Waals surface area contributed by atoms with Gasteiger partial charge in [-0.2, -0.15) is 0 Å². The molecule has 2 aliphatic rings. The number of esters is 1. The SMILES string of the molecule is CCCCOC(=O)[C@@H]1C[C@]2(CO)C[C@@H]2N1C(=O)OC(C)(C)C. The van der Waals surface area contributed by atoms with Crippen molar-refractivity contribution in [2.24, 2.45) is 5.41 Å². The molecule has 1 aliphatic carbocycles. The number of rotatable bonds is 5. The number of nitrogens with zero attached hydrogens (tertiary/aromatic N) is 1. The van der Waals surface area contributed by atoms with E-state index in [1.54, 1.807) is 20.8 Å². The highest BCUT2D eigenvalue weighted by atomic mass is 16.6. The molecular formula is C16H27NO5. The molecule has 1 saturated carbocycles. The number of likely N-dealkylation sites (tertiary alicyclic amines) is 1. The van der Waals surface area contributed by atoms with Crippen LogP contribution in [0.25, 0.3) is 0 Å². The number of carbonyl (C=O) groups is 2. The molecule has 1 aliphatic heterocycles. The van der Waals surface area contributed by atoms with E-state index in [4.69, 9.17) is 9.47 Å². The fourth-order valence-corrected chi connectivity index (χ4v) is 3.05. The zero-order valence-electron chi connectivity index (χ0n) is 13.9. The lowest BCUT2D eigenvalue weighted by Gasteiger charge is -2.29. The van der Waals surface area contributed by atoms with Crippen LogP contribution < -0.4 is 0 Å². The molecule has 1 amide bonds. The van der Waals surface area contributed by atoms with Crippen LogP contribution in [-0.4, -0.2) is 53.0 Å². The van der Waals surface area contributed by atoms with Crippen molar-refractivity contribution in [1.29, 1.82) is 0 Å². The molecule has 2 rings (SSSR count). The summed E-state index contributed by atoms with van der Waals surface area (Å²) in [5, 5.41) is 9.58. The number of hydrogen-bond acceptors (Lipinski definition) is 5. The third kappa shape index (κ3) is 3.37. The number of ether oxygens (including phenoxy) is 2. The summed E-state index contributed by atoms with van der Waals surface area (Å²) < 4.78 is 10.7. The van der Waals surface area contributed by atoms with Gasteiger partial charge in [-0.25, -0.2) is 9.59 Å². The van der Waals surface area contributed by atoms with E-state index >= 15 is 0 Å². The van der Waals surface area contributed by atoms with E-state index in [-0.39, 0.29) is 24.0 Å². The van der Waals surface area contributed by atoms with Crippen molar-refractivity contribution < 1.29 is 24.2 Å². The van der Waals surface area contributed by atoms with Gasteiger partial charge in [0.2, 0.25) is 0 Å². The minimum Gasteiger partial charge on any atom is -0.464 e. The Kier molecular flexibility index (Phi) is 4.70. The van der Waals surface area contributed by atoms with E-state index in [1.807, 2.05) is 6.92 Å². The Bertz CT molecular complexity index is 444. The van der Waals surface area contributed by atoms with Gasteiger partial charge in [0.1, 0.15) is 11.6 Å². The Morgan fingerprint density at radius 2 is 2.00 bits per heavy atom. The molecule has 1 N–H and O–H groups in total. The van der Waals surface area contributed by atoms with Gasteiger partial charge >= 0.3 is 12.1 Å². The average Bonchev–Trinajstić information content (AvgIpc) is 3.02. The van der Waals surface area contributed by atoms with Crippen LogP contribution in [0.15, 0.2) is 0 Å². The number of aliphatic hydroxyl groups excluding tert-OH is 1. The van der Waals surface area contributed by atoms with Crippen LogP contribution >= 0.6 is 0 Å². The quantitative estimate of drug-likeness (QED) is 0.621. The lowest BCUT2D eigenvalue weighted by Crippen LogP contribution is -2.46. The molecule has 0 bridgehead atoms. The van der Waals surface area contributed by atoms with E-state index in [9.17, 15) is 14.7 Å². The van der Waals surface area contributed by atoms with Gasteiger partial charge in [0, 0.05) is 11.5 Å². The van der Waals surface area contributed by atoms with Gasteiger partial charge in [0.05, 0.1) is 13.2 Å². The fraction of sp³-hybridized carbons (Fsp3) is 0.875. The number of fused-ring (bicyclic) bond motifs is 1. The first-order valence-electron chi connectivity index (χ1n) is 8.03. The molecule has 0 spiro atoms. The van der Waals surface area contributed by atoms with E-state index in [2.05, 4.69) is 0 Å². The first kappa shape index (κ1) is 17.1. The summed E-state index contributed by atoms with van der Waals surface area (Å²) in [6, 6.07) is -0.756. The molecule has 3 atom stereocenters. The molecular weight excluding hydrogens is 286 g/mol. The van der Waals surface area contributed by atoms with Gasteiger partial charge in [0.15, 0.2) is 0 Å². The number of amides is 1. The Hall–Kier alpha value is -1.30. The molecule has 6 nitrogen and oxygen atoms in total. The van der Waals surface area contributed by atoms with E-state index < -0.39 is 17.7 Å². The maximum absolute atomic E-state index is 12.4. The largest absolute Gasteiger partial charge is 0.464 e. The van der Waals surface area contributed by atoms with Gasteiger partial charge in [-0.3, -0.25) is 4.90 Å². The molecule has 0 radical (unpaired) electrons. The minimum absolute atomic E-state index is 0.0182. The average molecular weight is 313 g/mol. The maximum Gasteiger partial charge on any atom is 0.411 e. The van der Waals surface area contributed by atoms with Crippen LogP contribution in [0, 0.1) is 5.41 Å². The molecule has 1 saturated heterocycles. The Morgan fingerprint density at radius 1 is 1.32 bits per heavy atom. The number of hydrogen-bond donors (Lipinski definition) is 1. The van der Waals surface area contributed by atoms with E-state index in [0.29, 0.717) is 13.0 Å². The molecule has 0 unspecified atom stereocenters. The highest BCUT2D eigenvalue weighted by Gasteiger charge is 2.68. The Labute approximate surface area is 131 Å². The van der Waals surface area contributed by atoms with Gasteiger partial charge in [-0.1, -0.05) is 13.3 Å². The first-order valence-corrected chi connectivity index (χ1v) is 8.03. The van der Waals surface area contributed by atoms with Crippen molar-refractivity contribution in [3.05, 3.63) is 0 Å². The summed E-state index contributed by atoms with van der Waals surface area (Å²) in [6.45, 7) is 7.75. The third-order valence-electron chi connectivity index (χ3n) is 4.35. The van der Waals surface area contributed by atoms with Crippen LogP contribution in [0.5, 0.6) is 0 Å². The van der Waals surface area contributed by atoms with Crippen molar-refractivity contribution in [2.45, 2.75) is 71.1 Å². The number of piperidine rings is 1. The Morgan fingerprint density at radius 3 is 2.55 bits per heavy atom. The molecule has 126 valence electrons. The van der Waals surface area contributed by atoms with E-state index in [0.717, 1.165) is 19.3 Å². The predicted molar refractivity (Wildman–Crippen MR) is 80.3 cm³/mol. The second kappa shape index (κ2) is 6.07. The number of aliphatic hydroxyl groups is 1. The summed E-state index contributed by atoms with van der Waals surface area (Å²) in [6.07, 6.45) is 2.43. The second-order valence-electron chi connectivity index (χ2n) is 7.37. The zero-order valence-corrected chi connectivity index (χ0v) is 13.9. The Balaban J connectivity index is 2.06. The van der Waals surface area contributed by atoms with Crippen LogP contribution in [-0.2, 0) is 14.3 Å². The summed E-state index contributed by atoms with van der Waals surface area (Å²) >= 11 is 0. The molecule has 22 heavy (non-hydrogen) atoms. The smallest absolute Gasteiger partial charge is 0.411 e. The number of carbonyl (C=O) groups excluding carboxylic acids is 2. The van der Waals surface area contributed by atoms with Gasteiger partial charge in [-0.05, 0) is 40.0 Å². The maximum atomic E-state index is 12.4. The summed E-state index contributed by atoms with van der Waals surface area (Å²) in [5.41, 5.74) is -0.960. The number of unbranched alkanes of at least 4 members (excludes halogenated alkanes) is 1. The molecule has 0 aromatic carbocycles. The van der Waals surface area contributed by atoms with Crippen molar-refractivity contribution in [3.8, 4) is 0 Å². The minimum atomic E-state index is -0.641. The van der Waals surface area contributed by atoms with Crippen molar-refractivity contribution in [3.63, 3.8) is 0 Å². The van der Waals surface area contributed by atoms with Crippen molar-refractivity contribution >= 4 is 12.1 Å². The monoisotopic (exact) mass is 313 g/mol. The summed E-state index contributed by atoms with van der Waals surface area (Å²) in [5.74, 6) is -0.390. The van der Waals surface area contributed by atoms with Crippen LogP contribution in [0.3, 0.4) is 0 Å². The fourth-order valence-electron chi connectivity index (χ4n) is 3.05. The topological polar surface area (TPSA) is 76.1 Å². The lowest BCUT2D eigenvalue weighted by atomic mass is 10.0. The third-order valence-corrected chi connectivity index (χ3v) is 4.35. The zero-order chi connectivity index (χ0) is 16.5. The summed E-state index contributed by atoms with van der Waals surface area (Å²) in [7, 11) is 0. The standard InChI is InChI=1S/C16H27NO5/c1-5-6-7-21-13(19)11-8-16(10-18)9-12(16)17(11)14(20)22-15(2,3)4/h11-12,18H,5-10H2,1-4H3/t11-,12-,16+/m0/s1. The van der Waals surface area contributed by atoms with E-state index in [1.165, 1.54) is 4.90 Å². The molecule has 6 heteroatoms. The molecule has 0 aromatic heterocycles. The highest BCUT2D eigenvalue weighted by molar-refractivity contribution is 5.83. The molecule has 0 aromatic rings. The van der Waals surface area contributed by atoms with Crippen molar-refractivity contribution in [2.75, 3.05) is 13.2 Å². The first-order chi connectivity index (χ1) is 10.2. The summed E-state index contributed by atoms with van der Waals surface area (Å²) in [4.78, 5) is 26.2. The normalized spacial score (nSPS) is 30.0. The predicted octanol–water partition coefficient (Wildman–Crippen LogP) is 2.09. The van der Waals surface area contributed by atoms with Crippen molar-refractivity contribution in [1.82, 2.24) is 4.90 Å². The van der Waals surface area contributed by atoms with Gasteiger partial charge in [-0.15, -0.1) is 0 Å². The molecule has 2 fully saturated rings. The van der Waals surface area contributed by atoms with Gasteiger partial charge < -0.3 is 14.6 Å². The lowest BCUT2D eigenvalue weighted by molar-refractivity contribution is -0.149. The van der Waals surface area contributed by atoms with Crippen LogP contribution in [0.2, 0.25) is 0 Å². The van der Waals surface area contributed by atoms with Crippen LogP contribution in [0.4, 0.5) is 4.79 Å². The second-order valence-corrected chi connectivity index (χ2v) is 7.37. The van der Waals surface area contributed by atoms with Gasteiger partial charge in [0.25, 0.3) is 0 Å².